The van der Waals surface area contributed by atoms with Gasteiger partial charge in [0.1, 0.15) is 17.7 Å². The van der Waals surface area contributed by atoms with Gasteiger partial charge in [0.25, 0.3) is 0 Å². The fourth-order valence-electron chi connectivity index (χ4n) is 3.69. The van der Waals surface area contributed by atoms with Crippen LogP contribution in [0.1, 0.15) is 26.2 Å². The fraction of sp³-hybridized carbons (Fsp3) is 0.632. The molecule has 0 amide bonds. The molecule has 2 fully saturated rings. The van der Waals surface area contributed by atoms with Crippen LogP contribution in [0.5, 0.6) is 5.75 Å². The summed E-state index contributed by atoms with van der Waals surface area (Å²) in [6.07, 6.45) is 3.85. The third-order valence-corrected chi connectivity index (χ3v) is 5.03. The SMILES string of the molecule is CN=C(NCC(C)Oc1ccc(F)cc1)N1CCC(N2CCCC2)C1.I. The van der Waals surface area contributed by atoms with Crippen molar-refractivity contribution in [2.75, 3.05) is 39.8 Å². The smallest absolute Gasteiger partial charge is 0.193 e. The number of halogens is 2. The summed E-state index contributed by atoms with van der Waals surface area (Å²) < 4.78 is 18.8. The number of benzene rings is 1. The highest BCUT2D eigenvalue weighted by molar-refractivity contribution is 14.0. The van der Waals surface area contributed by atoms with Gasteiger partial charge in [0.05, 0.1) is 6.54 Å². The van der Waals surface area contributed by atoms with Crippen molar-refractivity contribution < 1.29 is 9.13 Å². The van der Waals surface area contributed by atoms with E-state index < -0.39 is 0 Å². The van der Waals surface area contributed by atoms with Crippen molar-refractivity contribution >= 4 is 29.9 Å². The van der Waals surface area contributed by atoms with Crippen molar-refractivity contribution in [3.63, 3.8) is 0 Å². The van der Waals surface area contributed by atoms with E-state index in [-0.39, 0.29) is 35.9 Å². The predicted molar refractivity (Wildman–Crippen MR) is 114 cm³/mol. The Morgan fingerprint density at radius 3 is 2.62 bits per heavy atom. The van der Waals surface area contributed by atoms with E-state index in [4.69, 9.17) is 4.74 Å². The summed E-state index contributed by atoms with van der Waals surface area (Å²) in [7, 11) is 1.83. The van der Waals surface area contributed by atoms with Crippen molar-refractivity contribution in [3.8, 4) is 5.75 Å². The van der Waals surface area contributed by atoms with Gasteiger partial charge < -0.3 is 15.0 Å². The fourth-order valence-corrected chi connectivity index (χ4v) is 3.69. The number of rotatable bonds is 5. The highest BCUT2D eigenvalue weighted by Crippen LogP contribution is 2.20. The zero-order valence-electron chi connectivity index (χ0n) is 15.7. The first-order chi connectivity index (χ1) is 12.2. The molecule has 7 heteroatoms. The molecule has 5 nitrogen and oxygen atoms in total. The van der Waals surface area contributed by atoms with Gasteiger partial charge in [0, 0.05) is 26.2 Å². The van der Waals surface area contributed by atoms with Crippen LogP contribution in [-0.2, 0) is 0 Å². The first-order valence-electron chi connectivity index (χ1n) is 9.27. The molecule has 2 unspecified atom stereocenters. The maximum Gasteiger partial charge on any atom is 0.193 e. The van der Waals surface area contributed by atoms with Crippen LogP contribution in [0, 0.1) is 5.82 Å². The Morgan fingerprint density at radius 1 is 1.27 bits per heavy atom. The minimum atomic E-state index is -0.250. The lowest BCUT2D eigenvalue weighted by atomic mass is 10.2. The molecular formula is C19H30FIN4O. The molecule has 2 heterocycles. The first-order valence-corrected chi connectivity index (χ1v) is 9.27. The van der Waals surface area contributed by atoms with Crippen molar-refractivity contribution in [2.24, 2.45) is 4.99 Å². The lowest BCUT2D eigenvalue weighted by Crippen LogP contribution is -2.45. The summed E-state index contributed by atoms with van der Waals surface area (Å²) in [4.78, 5) is 9.39. The largest absolute Gasteiger partial charge is 0.489 e. The Bertz CT molecular complexity index is 577. The van der Waals surface area contributed by atoms with Crippen molar-refractivity contribution in [3.05, 3.63) is 30.1 Å². The summed E-state index contributed by atoms with van der Waals surface area (Å²) in [6, 6.07) is 6.80. The van der Waals surface area contributed by atoms with Crippen LogP contribution in [0.4, 0.5) is 4.39 Å². The molecule has 2 aliphatic heterocycles. The normalized spacial score (nSPS) is 22.2. The third-order valence-electron chi connectivity index (χ3n) is 5.03. The van der Waals surface area contributed by atoms with E-state index in [0.717, 1.165) is 19.0 Å². The second kappa shape index (κ2) is 10.3. The second-order valence-electron chi connectivity index (χ2n) is 6.94. The van der Waals surface area contributed by atoms with E-state index in [2.05, 4.69) is 20.1 Å². The molecular weight excluding hydrogens is 446 g/mol. The minimum Gasteiger partial charge on any atom is -0.489 e. The molecule has 2 saturated heterocycles. The molecule has 2 atom stereocenters. The lowest BCUT2D eigenvalue weighted by molar-refractivity contribution is 0.221. The van der Waals surface area contributed by atoms with Crippen molar-refractivity contribution in [1.82, 2.24) is 15.1 Å². The van der Waals surface area contributed by atoms with E-state index in [9.17, 15) is 4.39 Å². The molecule has 3 rings (SSSR count). The van der Waals surface area contributed by atoms with Crippen LogP contribution < -0.4 is 10.1 Å². The number of guanidine groups is 1. The monoisotopic (exact) mass is 476 g/mol. The Kier molecular flexibility index (Phi) is 8.40. The summed E-state index contributed by atoms with van der Waals surface area (Å²) in [5.41, 5.74) is 0. The van der Waals surface area contributed by atoms with Crippen LogP contribution in [-0.4, -0.2) is 67.7 Å². The Morgan fingerprint density at radius 2 is 1.96 bits per heavy atom. The topological polar surface area (TPSA) is 40.1 Å². The van der Waals surface area contributed by atoms with E-state index in [1.807, 2.05) is 14.0 Å². The zero-order valence-corrected chi connectivity index (χ0v) is 18.0. The summed E-state index contributed by atoms with van der Waals surface area (Å²) >= 11 is 0. The quantitative estimate of drug-likeness (QED) is 0.403. The molecule has 2 aliphatic rings. The highest BCUT2D eigenvalue weighted by Gasteiger charge is 2.30. The van der Waals surface area contributed by atoms with Gasteiger partial charge in [0.2, 0.25) is 0 Å². The Labute approximate surface area is 173 Å². The van der Waals surface area contributed by atoms with Crippen LogP contribution in [0.25, 0.3) is 0 Å². The maximum absolute atomic E-state index is 12.9. The molecule has 0 saturated carbocycles. The van der Waals surface area contributed by atoms with Crippen LogP contribution in [0.2, 0.25) is 0 Å². The first kappa shape index (κ1) is 21.2. The van der Waals surface area contributed by atoms with Gasteiger partial charge >= 0.3 is 0 Å². The Hall–Kier alpha value is -1.09. The highest BCUT2D eigenvalue weighted by atomic mass is 127. The maximum atomic E-state index is 12.9. The van der Waals surface area contributed by atoms with E-state index in [0.29, 0.717) is 18.3 Å². The number of likely N-dealkylation sites (tertiary alicyclic amines) is 2. The van der Waals surface area contributed by atoms with E-state index >= 15 is 0 Å². The van der Waals surface area contributed by atoms with Gasteiger partial charge in [-0.3, -0.25) is 9.89 Å². The Balaban J connectivity index is 0.00000243. The number of ether oxygens (including phenoxy) is 1. The summed E-state index contributed by atoms with van der Waals surface area (Å²) in [5.74, 6) is 1.37. The number of hydrogen-bond donors (Lipinski definition) is 1. The van der Waals surface area contributed by atoms with E-state index in [1.165, 1.54) is 44.5 Å². The van der Waals surface area contributed by atoms with Crippen LogP contribution in [0.3, 0.4) is 0 Å². The molecule has 26 heavy (non-hydrogen) atoms. The molecule has 1 N–H and O–H groups in total. The average molecular weight is 476 g/mol. The predicted octanol–water partition coefficient (Wildman–Crippen LogP) is 2.96. The molecule has 0 radical (unpaired) electrons. The van der Waals surface area contributed by atoms with Crippen molar-refractivity contribution in [1.29, 1.82) is 0 Å². The standard InChI is InChI=1S/C19H29FN4O.HI/c1-15(25-18-7-5-16(20)6-8-18)13-22-19(21-2)24-12-9-17(14-24)23-10-3-4-11-23;/h5-8,15,17H,3-4,9-14H2,1-2H3,(H,21,22);1H. The van der Waals surface area contributed by atoms with Gasteiger partial charge in [-0.2, -0.15) is 0 Å². The molecule has 1 aromatic carbocycles. The van der Waals surface area contributed by atoms with Crippen molar-refractivity contribution in [2.45, 2.75) is 38.3 Å². The van der Waals surface area contributed by atoms with Gasteiger partial charge in [0.15, 0.2) is 5.96 Å². The van der Waals surface area contributed by atoms with Crippen LogP contribution >= 0.6 is 24.0 Å². The number of nitrogens with one attached hydrogen (secondary N) is 1. The lowest BCUT2D eigenvalue weighted by Gasteiger charge is -2.26. The molecule has 0 bridgehead atoms. The summed E-state index contributed by atoms with van der Waals surface area (Å²) in [6.45, 7) is 7.25. The minimum absolute atomic E-state index is 0. The average Bonchev–Trinajstić information content (AvgIpc) is 3.29. The van der Waals surface area contributed by atoms with Gasteiger partial charge in [-0.1, -0.05) is 0 Å². The number of aliphatic imine (C=N–C) groups is 1. The number of hydrogen-bond acceptors (Lipinski definition) is 3. The molecule has 1 aromatic rings. The van der Waals surface area contributed by atoms with Crippen LogP contribution in [0.15, 0.2) is 29.3 Å². The zero-order chi connectivity index (χ0) is 17.6. The molecule has 146 valence electrons. The third kappa shape index (κ3) is 5.70. The van der Waals surface area contributed by atoms with E-state index in [1.54, 1.807) is 12.1 Å². The molecule has 0 spiro atoms. The number of nitrogens with zero attached hydrogens (tertiary/aromatic N) is 3. The van der Waals surface area contributed by atoms with Gasteiger partial charge in [-0.15, -0.1) is 24.0 Å². The van der Waals surface area contributed by atoms with Gasteiger partial charge in [-0.25, -0.2) is 4.39 Å². The summed E-state index contributed by atoms with van der Waals surface area (Å²) in [5, 5.41) is 3.41. The molecule has 0 aliphatic carbocycles. The van der Waals surface area contributed by atoms with Gasteiger partial charge in [-0.05, 0) is 63.5 Å². The second-order valence-corrected chi connectivity index (χ2v) is 6.94. The molecule has 0 aromatic heterocycles.